The van der Waals surface area contributed by atoms with Crippen LogP contribution in [0.15, 0.2) is 18.2 Å². The van der Waals surface area contributed by atoms with E-state index in [1.165, 1.54) is 7.11 Å². The number of carbonyl (C=O) groups excluding carboxylic acids is 1. The summed E-state index contributed by atoms with van der Waals surface area (Å²) in [6, 6.07) is 5.74. The molecule has 0 bridgehead atoms. The van der Waals surface area contributed by atoms with Crippen molar-refractivity contribution in [3.05, 3.63) is 23.8 Å². The Morgan fingerprint density at radius 3 is 3.06 bits per heavy atom. The lowest BCUT2D eigenvalue weighted by molar-refractivity contribution is -0.146. The van der Waals surface area contributed by atoms with E-state index in [0.717, 1.165) is 17.1 Å². The molecule has 0 saturated heterocycles. The maximum absolute atomic E-state index is 11.5. The smallest absolute Gasteiger partial charge is 0.312 e. The van der Waals surface area contributed by atoms with Crippen LogP contribution in [0.2, 0.25) is 0 Å². The van der Waals surface area contributed by atoms with Crippen LogP contribution >= 0.6 is 0 Å². The second kappa shape index (κ2) is 5.08. The summed E-state index contributed by atoms with van der Waals surface area (Å²) in [6.45, 7) is 2.88. The zero-order valence-corrected chi connectivity index (χ0v) is 10.1. The zero-order valence-electron chi connectivity index (χ0n) is 10.1. The van der Waals surface area contributed by atoms with E-state index in [4.69, 9.17) is 14.2 Å². The lowest BCUT2D eigenvalue weighted by Gasteiger charge is -2.25. The van der Waals surface area contributed by atoms with Gasteiger partial charge in [-0.3, -0.25) is 4.79 Å². The summed E-state index contributed by atoms with van der Waals surface area (Å²) in [5.74, 6) is 1.06. The fraction of sp³-hybridized carbons (Fsp3) is 0.462. The second-order valence-electron chi connectivity index (χ2n) is 3.91. The van der Waals surface area contributed by atoms with Crippen LogP contribution < -0.4 is 9.47 Å². The molecule has 0 aliphatic carbocycles. The minimum absolute atomic E-state index is 0.218. The molecular formula is C13H16O4. The van der Waals surface area contributed by atoms with Gasteiger partial charge in [-0.2, -0.15) is 0 Å². The van der Waals surface area contributed by atoms with Gasteiger partial charge in [0, 0.05) is 0 Å². The van der Waals surface area contributed by atoms with E-state index >= 15 is 0 Å². The Labute approximate surface area is 100 Å². The van der Waals surface area contributed by atoms with Gasteiger partial charge in [-0.25, -0.2) is 0 Å². The molecule has 1 aliphatic heterocycles. The molecule has 1 heterocycles. The standard InChI is InChI=1S/C13H16O4/c1-3-16-11-6-4-5-9-7-10(13(14)15-2)8-17-12(9)11/h4-6,10H,3,7-8H2,1-2H3/t10-/m0/s1. The second-order valence-corrected chi connectivity index (χ2v) is 3.91. The van der Waals surface area contributed by atoms with Crippen molar-refractivity contribution in [2.24, 2.45) is 5.92 Å². The summed E-state index contributed by atoms with van der Waals surface area (Å²) in [4.78, 5) is 11.5. The summed E-state index contributed by atoms with van der Waals surface area (Å²) in [5.41, 5.74) is 0.998. The van der Waals surface area contributed by atoms with Crippen LogP contribution in [-0.2, 0) is 16.0 Å². The zero-order chi connectivity index (χ0) is 12.3. The highest BCUT2D eigenvalue weighted by Crippen LogP contribution is 2.36. The monoisotopic (exact) mass is 236 g/mol. The van der Waals surface area contributed by atoms with E-state index in [1.807, 2.05) is 25.1 Å². The van der Waals surface area contributed by atoms with E-state index in [9.17, 15) is 4.79 Å². The largest absolute Gasteiger partial charge is 0.490 e. The van der Waals surface area contributed by atoms with Crippen molar-refractivity contribution in [2.75, 3.05) is 20.3 Å². The van der Waals surface area contributed by atoms with Crippen molar-refractivity contribution >= 4 is 5.97 Å². The Morgan fingerprint density at radius 1 is 1.53 bits per heavy atom. The third-order valence-corrected chi connectivity index (χ3v) is 2.79. The Bertz CT molecular complexity index is 414. The first kappa shape index (κ1) is 11.8. The molecule has 0 aromatic heterocycles. The molecule has 0 fully saturated rings. The number of benzene rings is 1. The number of ether oxygens (including phenoxy) is 3. The number of rotatable bonds is 3. The van der Waals surface area contributed by atoms with Crippen LogP contribution in [0.3, 0.4) is 0 Å². The van der Waals surface area contributed by atoms with Crippen LogP contribution in [0.1, 0.15) is 12.5 Å². The van der Waals surface area contributed by atoms with Crippen LogP contribution in [0.5, 0.6) is 11.5 Å². The SMILES string of the molecule is CCOc1cccc2c1OC[C@@H](C(=O)OC)C2. The Balaban J connectivity index is 2.21. The Morgan fingerprint density at radius 2 is 2.35 bits per heavy atom. The minimum Gasteiger partial charge on any atom is -0.490 e. The van der Waals surface area contributed by atoms with E-state index in [2.05, 4.69) is 0 Å². The summed E-state index contributed by atoms with van der Waals surface area (Å²) in [7, 11) is 1.40. The van der Waals surface area contributed by atoms with Crippen molar-refractivity contribution in [3.63, 3.8) is 0 Å². The topological polar surface area (TPSA) is 44.8 Å². The average Bonchev–Trinajstić information content (AvgIpc) is 2.38. The summed E-state index contributed by atoms with van der Waals surface area (Å²) in [5, 5.41) is 0. The first-order chi connectivity index (χ1) is 8.26. The summed E-state index contributed by atoms with van der Waals surface area (Å²) in [6.07, 6.45) is 0.642. The van der Waals surface area contributed by atoms with Crippen molar-refractivity contribution in [1.82, 2.24) is 0 Å². The molecule has 2 rings (SSSR count). The predicted molar refractivity (Wildman–Crippen MR) is 62.3 cm³/mol. The van der Waals surface area contributed by atoms with Gasteiger partial charge in [0.2, 0.25) is 0 Å². The molecule has 0 N–H and O–H groups in total. The predicted octanol–water partition coefficient (Wildman–Crippen LogP) is 1.81. The van der Waals surface area contributed by atoms with E-state index < -0.39 is 0 Å². The number of hydrogen-bond donors (Lipinski definition) is 0. The van der Waals surface area contributed by atoms with Gasteiger partial charge in [0.15, 0.2) is 11.5 Å². The third kappa shape index (κ3) is 2.35. The summed E-state index contributed by atoms with van der Waals surface area (Å²) >= 11 is 0. The highest BCUT2D eigenvalue weighted by atomic mass is 16.5. The van der Waals surface area contributed by atoms with Gasteiger partial charge < -0.3 is 14.2 Å². The van der Waals surface area contributed by atoms with Crippen LogP contribution in [-0.4, -0.2) is 26.3 Å². The van der Waals surface area contributed by atoms with E-state index in [1.54, 1.807) is 0 Å². The molecule has 0 amide bonds. The Kier molecular flexibility index (Phi) is 3.52. The van der Waals surface area contributed by atoms with Crippen molar-refractivity contribution in [2.45, 2.75) is 13.3 Å². The molecule has 92 valence electrons. The molecule has 17 heavy (non-hydrogen) atoms. The van der Waals surface area contributed by atoms with Gasteiger partial charge in [0.05, 0.1) is 19.6 Å². The molecule has 4 nitrogen and oxygen atoms in total. The minimum atomic E-state index is -0.225. The number of hydrogen-bond acceptors (Lipinski definition) is 4. The van der Waals surface area contributed by atoms with Crippen molar-refractivity contribution < 1.29 is 19.0 Å². The Hall–Kier alpha value is -1.71. The molecule has 0 saturated carbocycles. The first-order valence-corrected chi connectivity index (χ1v) is 5.71. The van der Waals surface area contributed by atoms with Gasteiger partial charge in [-0.05, 0) is 25.0 Å². The van der Waals surface area contributed by atoms with Crippen LogP contribution in [0.25, 0.3) is 0 Å². The molecule has 1 aromatic carbocycles. The van der Waals surface area contributed by atoms with Crippen molar-refractivity contribution in [3.8, 4) is 11.5 Å². The lowest BCUT2D eigenvalue weighted by atomic mass is 9.96. The molecule has 0 radical (unpaired) electrons. The number of methoxy groups -OCH3 is 1. The third-order valence-electron chi connectivity index (χ3n) is 2.79. The molecule has 1 aliphatic rings. The molecular weight excluding hydrogens is 220 g/mol. The fourth-order valence-corrected chi connectivity index (χ4v) is 1.98. The first-order valence-electron chi connectivity index (χ1n) is 5.71. The number of para-hydroxylation sites is 1. The lowest BCUT2D eigenvalue weighted by Crippen LogP contribution is -2.29. The van der Waals surface area contributed by atoms with Gasteiger partial charge in [0.1, 0.15) is 6.61 Å². The molecule has 0 unspecified atom stereocenters. The van der Waals surface area contributed by atoms with E-state index in [0.29, 0.717) is 19.6 Å². The highest BCUT2D eigenvalue weighted by molar-refractivity contribution is 5.73. The molecule has 4 heteroatoms. The maximum atomic E-state index is 11.5. The normalized spacial score (nSPS) is 17.9. The van der Waals surface area contributed by atoms with E-state index in [-0.39, 0.29) is 11.9 Å². The van der Waals surface area contributed by atoms with Gasteiger partial charge in [-0.1, -0.05) is 12.1 Å². The number of fused-ring (bicyclic) bond motifs is 1. The molecule has 0 spiro atoms. The van der Waals surface area contributed by atoms with Crippen molar-refractivity contribution in [1.29, 1.82) is 0 Å². The maximum Gasteiger partial charge on any atom is 0.312 e. The van der Waals surface area contributed by atoms with Gasteiger partial charge >= 0.3 is 5.97 Å². The van der Waals surface area contributed by atoms with Gasteiger partial charge in [0.25, 0.3) is 0 Å². The quantitative estimate of drug-likeness (QED) is 0.751. The average molecular weight is 236 g/mol. The summed E-state index contributed by atoms with van der Waals surface area (Å²) < 4.78 is 15.8. The van der Waals surface area contributed by atoms with Gasteiger partial charge in [-0.15, -0.1) is 0 Å². The molecule has 1 atom stereocenters. The fourth-order valence-electron chi connectivity index (χ4n) is 1.98. The highest BCUT2D eigenvalue weighted by Gasteiger charge is 2.28. The number of carbonyl (C=O) groups is 1. The number of esters is 1. The molecule has 1 aromatic rings. The van der Waals surface area contributed by atoms with Crippen LogP contribution in [0.4, 0.5) is 0 Å². The van der Waals surface area contributed by atoms with Crippen LogP contribution in [0, 0.1) is 5.92 Å².